The van der Waals surface area contributed by atoms with Gasteiger partial charge in [0.2, 0.25) is 5.91 Å². The van der Waals surface area contributed by atoms with E-state index in [-0.39, 0.29) is 12.5 Å². The minimum atomic E-state index is -0.480. The van der Waals surface area contributed by atoms with E-state index in [1.165, 1.54) is 6.42 Å². The predicted molar refractivity (Wildman–Crippen MR) is 78.4 cm³/mol. The molecule has 0 aliphatic carbocycles. The van der Waals surface area contributed by atoms with Gasteiger partial charge in [-0.1, -0.05) is 25.1 Å². The van der Waals surface area contributed by atoms with E-state index in [2.05, 4.69) is 22.5 Å². The van der Waals surface area contributed by atoms with Crippen LogP contribution in [0.25, 0.3) is 0 Å². The van der Waals surface area contributed by atoms with Crippen molar-refractivity contribution in [3.8, 4) is 0 Å². The van der Waals surface area contributed by atoms with Crippen molar-refractivity contribution in [3.05, 3.63) is 30.3 Å². The molecule has 108 valence electrons. The molecule has 0 unspecified atom stereocenters. The fourth-order valence-electron chi connectivity index (χ4n) is 2.48. The highest BCUT2D eigenvalue weighted by Gasteiger charge is 2.19. The summed E-state index contributed by atoms with van der Waals surface area (Å²) >= 11 is 0. The number of hydrogen-bond acceptors (Lipinski definition) is 3. The molecule has 3 amide bonds. The first kappa shape index (κ1) is 14.5. The Morgan fingerprint density at radius 2 is 2.05 bits per heavy atom. The molecule has 2 N–H and O–H groups in total. The Kier molecular flexibility index (Phi) is 5.12. The van der Waals surface area contributed by atoms with Gasteiger partial charge in [-0.05, 0) is 37.4 Å². The SMILES string of the molecule is C[C@H]1CCCN(CC(=O)NC(=O)Nc2ccccc2)C1. The monoisotopic (exact) mass is 275 g/mol. The number of piperidine rings is 1. The zero-order valence-electron chi connectivity index (χ0n) is 11.8. The molecule has 1 atom stereocenters. The van der Waals surface area contributed by atoms with E-state index in [0.717, 1.165) is 19.5 Å². The quantitative estimate of drug-likeness (QED) is 0.887. The van der Waals surface area contributed by atoms with Gasteiger partial charge in [0, 0.05) is 12.2 Å². The van der Waals surface area contributed by atoms with Gasteiger partial charge in [-0.3, -0.25) is 15.0 Å². The molecule has 1 aromatic rings. The van der Waals surface area contributed by atoms with Gasteiger partial charge in [-0.25, -0.2) is 4.79 Å². The van der Waals surface area contributed by atoms with Gasteiger partial charge < -0.3 is 5.32 Å². The summed E-state index contributed by atoms with van der Waals surface area (Å²) in [5, 5.41) is 4.99. The molecule has 2 rings (SSSR count). The predicted octanol–water partition coefficient (Wildman–Crippen LogP) is 2.07. The maximum atomic E-state index is 11.8. The zero-order valence-corrected chi connectivity index (χ0v) is 11.8. The van der Waals surface area contributed by atoms with E-state index < -0.39 is 6.03 Å². The summed E-state index contributed by atoms with van der Waals surface area (Å²) in [6, 6.07) is 8.59. The largest absolute Gasteiger partial charge is 0.325 e. The number of benzene rings is 1. The molecule has 0 bridgehead atoms. The van der Waals surface area contributed by atoms with Crippen LogP contribution in [-0.4, -0.2) is 36.5 Å². The van der Waals surface area contributed by atoms with Crippen molar-refractivity contribution in [2.75, 3.05) is 25.0 Å². The molecule has 5 heteroatoms. The highest BCUT2D eigenvalue weighted by molar-refractivity contribution is 6.01. The Morgan fingerprint density at radius 3 is 2.75 bits per heavy atom. The maximum Gasteiger partial charge on any atom is 0.325 e. The fraction of sp³-hybridized carbons (Fsp3) is 0.467. The van der Waals surface area contributed by atoms with Crippen LogP contribution in [0.2, 0.25) is 0 Å². The Balaban J connectivity index is 1.75. The summed E-state index contributed by atoms with van der Waals surface area (Å²) in [6.45, 7) is 4.32. The molecule has 0 saturated carbocycles. The van der Waals surface area contributed by atoms with E-state index in [0.29, 0.717) is 11.6 Å². The highest BCUT2D eigenvalue weighted by atomic mass is 16.2. The number of anilines is 1. The Hall–Kier alpha value is -1.88. The van der Waals surface area contributed by atoms with E-state index in [9.17, 15) is 9.59 Å². The average Bonchev–Trinajstić information content (AvgIpc) is 2.39. The lowest BCUT2D eigenvalue weighted by atomic mass is 10.0. The van der Waals surface area contributed by atoms with Crippen LogP contribution in [0.1, 0.15) is 19.8 Å². The average molecular weight is 275 g/mol. The number of amides is 3. The van der Waals surface area contributed by atoms with Gasteiger partial charge in [0.15, 0.2) is 0 Å². The maximum absolute atomic E-state index is 11.8. The minimum Gasteiger partial charge on any atom is -0.308 e. The molecule has 0 radical (unpaired) electrons. The van der Waals surface area contributed by atoms with E-state index in [1.54, 1.807) is 12.1 Å². The Bertz CT molecular complexity index is 461. The van der Waals surface area contributed by atoms with Crippen LogP contribution < -0.4 is 10.6 Å². The molecule has 1 aliphatic heterocycles. The summed E-state index contributed by atoms with van der Waals surface area (Å²) in [5.41, 5.74) is 0.671. The van der Waals surface area contributed by atoms with Gasteiger partial charge in [0.05, 0.1) is 6.54 Å². The molecule has 1 fully saturated rings. The number of rotatable bonds is 3. The number of hydrogen-bond donors (Lipinski definition) is 2. The van der Waals surface area contributed by atoms with Gasteiger partial charge in [0.1, 0.15) is 0 Å². The lowest BCUT2D eigenvalue weighted by Crippen LogP contribution is -2.44. The van der Waals surface area contributed by atoms with Crippen molar-refractivity contribution >= 4 is 17.6 Å². The van der Waals surface area contributed by atoms with Crippen LogP contribution in [0.3, 0.4) is 0 Å². The normalized spacial score (nSPS) is 19.4. The number of nitrogens with one attached hydrogen (secondary N) is 2. The third-order valence-corrected chi connectivity index (χ3v) is 3.39. The number of carbonyl (C=O) groups excluding carboxylic acids is 2. The number of urea groups is 1. The van der Waals surface area contributed by atoms with Gasteiger partial charge in [0.25, 0.3) is 0 Å². The molecule has 0 aromatic heterocycles. The smallest absolute Gasteiger partial charge is 0.308 e. The zero-order chi connectivity index (χ0) is 14.4. The van der Waals surface area contributed by atoms with E-state index in [4.69, 9.17) is 0 Å². The first-order valence-electron chi connectivity index (χ1n) is 7.02. The summed E-state index contributed by atoms with van der Waals surface area (Å²) in [6.07, 6.45) is 2.33. The molecule has 0 spiro atoms. The number of para-hydroxylation sites is 1. The van der Waals surface area contributed by atoms with Crippen LogP contribution in [0.4, 0.5) is 10.5 Å². The molecule has 1 saturated heterocycles. The Labute approximate surface area is 119 Å². The second-order valence-corrected chi connectivity index (χ2v) is 5.35. The first-order valence-corrected chi connectivity index (χ1v) is 7.02. The van der Waals surface area contributed by atoms with Crippen molar-refractivity contribution in [2.24, 2.45) is 5.92 Å². The number of nitrogens with zero attached hydrogens (tertiary/aromatic N) is 1. The number of carbonyl (C=O) groups is 2. The lowest BCUT2D eigenvalue weighted by molar-refractivity contribution is -0.121. The van der Waals surface area contributed by atoms with Gasteiger partial charge in [-0.15, -0.1) is 0 Å². The molecule has 20 heavy (non-hydrogen) atoms. The first-order chi connectivity index (χ1) is 9.63. The van der Waals surface area contributed by atoms with Crippen molar-refractivity contribution in [1.82, 2.24) is 10.2 Å². The van der Waals surface area contributed by atoms with E-state index >= 15 is 0 Å². The summed E-state index contributed by atoms with van der Waals surface area (Å²) in [5.74, 6) is 0.363. The Morgan fingerprint density at radius 1 is 1.30 bits per heavy atom. The minimum absolute atomic E-state index is 0.257. The van der Waals surface area contributed by atoms with Gasteiger partial charge >= 0.3 is 6.03 Å². The van der Waals surface area contributed by atoms with Gasteiger partial charge in [-0.2, -0.15) is 0 Å². The highest BCUT2D eigenvalue weighted by Crippen LogP contribution is 2.14. The topological polar surface area (TPSA) is 61.4 Å². The van der Waals surface area contributed by atoms with Crippen LogP contribution in [0.15, 0.2) is 30.3 Å². The van der Waals surface area contributed by atoms with E-state index in [1.807, 2.05) is 18.2 Å². The third-order valence-electron chi connectivity index (χ3n) is 3.39. The van der Waals surface area contributed by atoms with Crippen molar-refractivity contribution in [3.63, 3.8) is 0 Å². The van der Waals surface area contributed by atoms with Crippen LogP contribution in [0.5, 0.6) is 0 Å². The summed E-state index contributed by atoms with van der Waals surface area (Å²) < 4.78 is 0. The molecule has 1 heterocycles. The summed E-state index contributed by atoms with van der Waals surface area (Å²) in [7, 11) is 0. The molecule has 1 aliphatic rings. The molecular formula is C15H21N3O2. The third kappa shape index (κ3) is 4.66. The van der Waals surface area contributed by atoms with Crippen molar-refractivity contribution in [2.45, 2.75) is 19.8 Å². The molecule has 1 aromatic carbocycles. The van der Waals surface area contributed by atoms with Crippen LogP contribution >= 0.6 is 0 Å². The molecule has 5 nitrogen and oxygen atoms in total. The van der Waals surface area contributed by atoms with Crippen molar-refractivity contribution in [1.29, 1.82) is 0 Å². The standard InChI is InChI=1S/C15H21N3O2/c1-12-6-5-9-18(10-12)11-14(19)17-15(20)16-13-7-3-2-4-8-13/h2-4,7-8,12H,5-6,9-11H2,1H3,(H2,16,17,19,20)/t12-/m0/s1. The second kappa shape index (κ2) is 7.05. The fourth-order valence-corrected chi connectivity index (χ4v) is 2.48. The second-order valence-electron chi connectivity index (χ2n) is 5.35. The number of likely N-dealkylation sites (tertiary alicyclic amines) is 1. The van der Waals surface area contributed by atoms with Crippen LogP contribution in [0, 0.1) is 5.92 Å². The van der Waals surface area contributed by atoms with Crippen LogP contribution in [-0.2, 0) is 4.79 Å². The lowest BCUT2D eigenvalue weighted by Gasteiger charge is -2.29. The van der Waals surface area contributed by atoms with Crippen molar-refractivity contribution < 1.29 is 9.59 Å². The number of imide groups is 1. The molecular weight excluding hydrogens is 254 g/mol. The summed E-state index contributed by atoms with van der Waals surface area (Å²) in [4.78, 5) is 25.6.